The van der Waals surface area contributed by atoms with Gasteiger partial charge in [0, 0.05) is 23.7 Å². The number of hydrogen-bond donors (Lipinski definition) is 0. The maximum Gasteiger partial charge on any atom is 0.254 e. The Morgan fingerprint density at radius 1 is 1.13 bits per heavy atom. The molecule has 6 nitrogen and oxygen atoms in total. The van der Waals surface area contributed by atoms with E-state index >= 15 is 0 Å². The van der Waals surface area contributed by atoms with E-state index in [4.69, 9.17) is 26.1 Å². The molecule has 1 amide bonds. The van der Waals surface area contributed by atoms with Crippen molar-refractivity contribution < 1.29 is 14.3 Å². The van der Waals surface area contributed by atoms with Crippen LogP contribution in [0.4, 0.5) is 0 Å². The Kier molecular flexibility index (Phi) is 6.13. The zero-order chi connectivity index (χ0) is 21.1. The van der Waals surface area contributed by atoms with Crippen molar-refractivity contribution in [2.45, 2.75) is 46.2 Å². The maximum atomic E-state index is 13.4. The van der Waals surface area contributed by atoms with Crippen molar-refractivity contribution in [1.82, 2.24) is 14.5 Å². The minimum Gasteiger partial charge on any atom is -0.454 e. The van der Waals surface area contributed by atoms with Crippen LogP contribution in [-0.4, -0.2) is 33.7 Å². The summed E-state index contributed by atoms with van der Waals surface area (Å²) in [5.74, 6) is 2.13. The van der Waals surface area contributed by atoms with E-state index in [0.717, 1.165) is 42.7 Å². The summed E-state index contributed by atoms with van der Waals surface area (Å²) in [6.07, 6.45) is 2.90. The highest BCUT2D eigenvalue weighted by Crippen LogP contribution is 2.33. The first kappa shape index (κ1) is 20.5. The predicted octanol–water partition coefficient (Wildman–Crippen LogP) is 5.27. The molecule has 7 heteroatoms. The molecular weight excluding hydrogens is 402 g/mol. The zero-order valence-electron chi connectivity index (χ0n) is 17.4. The van der Waals surface area contributed by atoms with Gasteiger partial charge in [0.05, 0.1) is 17.6 Å². The molecule has 0 saturated carbocycles. The van der Waals surface area contributed by atoms with Gasteiger partial charge in [-0.3, -0.25) is 4.79 Å². The van der Waals surface area contributed by atoms with Gasteiger partial charge in [0.2, 0.25) is 6.79 Å². The number of carbonyl (C=O) groups is 1. The zero-order valence-corrected chi connectivity index (χ0v) is 18.1. The quantitative estimate of drug-likeness (QED) is 0.491. The number of carbonyl (C=O) groups excluding carboxylic acids is 1. The van der Waals surface area contributed by atoms with Crippen LogP contribution < -0.4 is 9.47 Å². The first-order valence-electron chi connectivity index (χ1n) is 10.4. The van der Waals surface area contributed by atoms with Crippen LogP contribution in [0.2, 0.25) is 5.02 Å². The van der Waals surface area contributed by atoms with Gasteiger partial charge in [-0.25, -0.2) is 4.98 Å². The van der Waals surface area contributed by atoms with E-state index in [1.54, 1.807) is 18.2 Å². The van der Waals surface area contributed by atoms with Crippen LogP contribution >= 0.6 is 11.6 Å². The number of aromatic nitrogens is 2. The van der Waals surface area contributed by atoms with Crippen LogP contribution in [0.15, 0.2) is 36.4 Å². The summed E-state index contributed by atoms with van der Waals surface area (Å²) in [7, 11) is 0. The molecule has 0 spiro atoms. The molecule has 0 radical (unpaired) electrons. The van der Waals surface area contributed by atoms with Crippen molar-refractivity contribution in [2.24, 2.45) is 0 Å². The highest BCUT2D eigenvalue weighted by Gasteiger charge is 2.22. The fourth-order valence-electron chi connectivity index (χ4n) is 3.72. The summed E-state index contributed by atoms with van der Waals surface area (Å²) < 4.78 is 13.0. The summed E-state index contributed by atoms with van der Waals surface area (Å²) >= 11 is 6.22. The smallest absolute Gasteiger partial charge is 0.254 e. The lowest BCUT2D eigenvalue weighted by Gasteiger charge is -2.23. The van der Waals surface area contributed by atoms with Gasteiger partial charge < -0.3 is 18.9 Å². The third-order valence-electron chi connectivity index (χ3n) is 5.26. The number of aryl methyl sites for hydroxylation is 1. The molecule has 0 unspecified atom stereocenters. The lowest BCUT2D eigenvalue weighted by Crippen LogP contribution is -2.32. The number of fused-ring (bicyclic) bond motifs is 2. The summed E-state index contributed by atoms with van der Waals surface area (Å²) in [4.78, 5) is 20.1. The number of imidazole rings is 1. The third-order valence-corrected chi connectivity index (χ3v) is 5.49. The van der Waals surface area contributed by atoms with Gasteiger partial charge in [-0.15, -0.1) is 0 Å². The molecule has 0 fully saturated rings. The fraction of sp³-hybridized carbons (Fsp3) is 0.391. The molecule has 1 aliphatic rings. The summed E-state index contributed by atoms with van der Waals surface area (Å²) in [5, 5.41) is 0.686. The molecule has 30 heavy (non-hydrogen) atoms. The first-order valence-corrected chi connectivity index (χ1v) is 10.8. The van der Waals surface area contributed by atoms with Gasteiger partial charge in [-0.05, 0) is 49.2 Å². The van der Waals surface area contributed by atoms with Gasteiger partial charge >= 0.3 is 0 Å². The Bertz CT molecular complexity index is 1060. The highest BCUT2D eigenvalue weighted by atomic mass is 35.5. The van der Waals surface area contributed by atoms with Crippen molar-refractivity contribution in [3.63, 3.8) is 0 Å². The molecule has 3 aromatic rings. The second kappa shape index (κ2) is 8.96. The maximum absolute atomic E-state index is 13.4. The van der Waals surface area contributed by atoms with Crippen molar-refractivity contribution >= 4 is 28.5 Å². The molecular formula is C23H26ClN3O3. The Hall–Kier alpha value is -2.73. The number of hydrogen-bond acceptors (Lipinski definition) is 4. The predicted molar refractivity (Wildman–Crippen MR) is 117 cm³/mol. The van der Waals surface area contributed by atoms with Gasteiger partial charge in [0.15, 0.2) is 11.5 Å². The Balaban J connectivity index is 1.66. The van der Waals surface area contributed by atoms with E-state index in [9.17, 15) is 4.79 Å². The average molecular weight is 428 g/mol. The third kappa shape index (κ3) is 4.10. The molecule has 1 aliphatic heterocycles. The first-order chi connectivity index (χ1) is 14.6. The van der Waals surface area contributed by atoms with E-state index in [-0.39, 0.29) is 12.7 Å². The molecule has 1 aromatic heterocycles. The normalized spacial score (nSPS) is 12.5. The monoisotopic (exact) mass is 427 g/mol. The Morgan fingerprint density at radius 2 is 1.97 bits per heavy atom. The average Bonchev–Trinajstić information content (AvgIpc) is 3.35. The van der Waals surface area contributed by atoms with Crippen molar-refractivity contribution in [2.75, 3.05) is 13.3 Å². The van der Waals surface area contributed by atoms with Crippen LogP contribution in [0.25, 0.3) is 11.0 Å². The molecule has 158 valence electrons. The van der Waals surface area contributed by atoms with E-state index in [1.807, 2.05) is 23.1 Å². The lowest BCUT2D eigenvalue weighted by molar-refractivity contribution is 0.0734. The number of benzene rings is 2. The number of unbranched alkanes of at least 4 members (excludes halogenated alkanes) is 1. The van der Waals surface area contributed by atoms with Crippen molar-refractivity contribution in [1.29, 1.82) is 0 Å². The second-order valence-electron chi connectivity index (χ2n) is 7.46. The van der Waals surface area contributed by atoms with E-state index < -0.39 is 0 Å². The van der Waals surface area contributed by atoms with E-state index in [2.05, 4.69) is 18.4 Å². The van der Waals surface area contributed by atoms with Gasteiger partial charge in [0.25, 0.3) is 5.91 Å². The number of halogens is 1. The Labute approximate surface area is 181 Å². The largest absolute Gasteiger partial charge is 0.454 e. The molecule has 0 N–H and O–H groups in total. The van der Waals surface area contributed by atoms with Crippen molar-refractivity contribution in [3.8, 4) is 11.5 Å². The highest BCUT2D eigenvalue weighted by molar-refractivity contribution is 6.31. The van der Waals surface area contributed by atoms with Gasteiger partial charge in [-0.1, -0.05) is 31.9 Å². The van der Waals surface area contributed by atoms with Gasteiger partial charge in [0.1, 0.15) is 5.82 Å². The van der Waals surface area contributed by atoms with E-state index in [1.165, 1.54) is 0 Å². The molecule has 0 bridgehead atoms. The SMILES string of the molecule is CCCCN(Cc1nc2ccc(Cl)cc2n1CCC)C(=O)c1ccc2c(c1)OCO2. The topological polar surface area (TPSA) is 56.6 Å². The molecule has 0 atom stereocenters. The van der Waals surface area contributed by atoms with Crippen LogP contribution in [0.1, 0.15) is 49.3 Å². The lowest BCUT2D eigenvalue weighted by atomic mass is 10.1. The minimum atomic E-state index is -0.0325. The Morgan fingerprint density at radius 3 is 2.77 bits per heavy atom. The number of nitrogens with zero attached hydrogens (tertiary/aromatic N) is 3. The summed E-state index contributed by atoms with van der Waals surface area (Å²) in [5.41, 5.74) is 2.50. The molecule has 0 aliphatic carbocycles. The number of amides is 1. The molecule has 2 aromatic carbocycles. The molecule has 2 heterocycles. The molecule has 0 saturated heterocycles. The minimum absolute atomic E-state index is 0.0325. The van der Waals surface area contributed by atoms with Crippen LogP contribution in [0.3, 0.4) is 0 Å². The number of ether oxygens (including phenoxy) is 2. The van der Waals surface area contributed by atoms with Crippen LogP contribution in [0.5, 0.6) is 11.5 Å². The van der Waals surface area contributed by atoms with Crippen molar-refractivity contribution in [3.05, 3.63) is 52.8 Å². The fourth-order valence-corrected chi connectivity index (χ4v) is 3.89. The second-order valence-corrected chi connectivity index (χ2v) is 7.90. The van der Waals surface area contributed by atoms with Gasteiger partial charge in [-0.2, -0.15) is 0 Å². The van der Waals surface area contributed by atoms with Crippen LogP contribution in [0, 0.1) is 0 Å². The molecule has 4 rings (SSSR count). The number of rotatable bonds is 8. The standard InChI is InChI=1S/C23H26ClN3O3/c1-3-5-11-26(23(28)16-6-9-20-21(12-16)30-15-29-20)14-22-25-18-8-7-17(24)13-19(18)27(22)10-4-2/h6-9,12-13H,3-5,10-11,14-15H2,1-2H3. The summed E-state index contributed by atoms with van der Waals surface area (Å²) in [6, 6.07) is 11.1. The van der Waals surface area contributed by atoms with Crippen LogP contribution in [-0.2, 0) is 13.1 Å². The summed E-state index contributed by atoms with van der Waals surface area (Å²) in [6.45, 7) is 6.38. The van der Waals surface area contributed by atoms with E-state index in [0.29, 0.717) is 35.2 Å².